The van der Waals surface area contributed by atoms with Crippen LogP contribution in [0.4, 0.5) is 16.5 Å². The minimum Gasteiger partial charge on any atom is -0.326 e. The Labute approximate surface area is 191 Å². The molecular formula is C21H17N5O4S2. The molecule has 0 bridgehead atoms. The van der Waals surface area contributed by atoms with Crippen molar-refractivity contribution in [3.63, 3.8) is 0 Å². The van der Waals surface area contributed by atoms with Gasteiger partial charge >= 0.3 is 0 Å². The summed E-state index contributed by atoms with van der Waals surface area (Å²) < 4.78 is 0.748. The topological polar surface area (TPSA) is 121 Å². The predicted octanol–water partition coefficient (Wildman–Crippen LogP) is 3.66. The molecule has 0 saturated heterocycles. The smallest absolute Gasteiger partial charge is 0.266 e. The molecule has 1 aliphatic rings. The van der Waals surface area contributed by atoms with E-state index in [1.807, 2.05) is 6.92 Å². The van der Waals surface area contributed by atoms with Gasteiger partial charge in [-0.05, 0) is 48.2 Å². The maximum atomic E-state index is 13.0. The molecule has 32 heavy (non-hydrogen) atoms. The molecule has 162 valence electrons. The summed E-state index contributed by atoms with van der Waals surface area (Å²) in [5, 5.41) is 13.6. The van der Waals surface area contributed by atoms with Crippen LogP contribution in [-0.2, 0) is 4.79 Å². The van der Waals surface area contributed by atoms with Crippen LogP contribution in [0, 0.1) is 0 Å². The van der Waals surface area contributed by atoms with E-state index in [1.165, 1.54) is 48.2 Å². The lowest BCUT2D eigenvalue weighted by Crippen LogP contribution is -2.29. The number of aromatic nitrogens is 2. The highest BCUT2D eigenvalue weighted by atomic mass is 32.2. The Morgan fingerprint density at radius 2 is 1.72 bits per heavy atom. The minimum absolute atomic E-state index is 0.146. The van der Waals surface area contributed by atoms with E-state index in [0.717, 1.165) is 15.0 Å². The fraction of sp³-hybridized carbons (Fsp3) is 0.143. The van der Waals surface area contributed by atoms with Crippen molar-refractivity contribution >= 4 is 63.2 Å². The number of amides is 4. The fourth-order valence-corrected chi connectivity index (χ4v) is 4.77. The molecule has 0 radical (unpaired) electrons. The van der Waals surface area contributed by atoms with Gasteiger partial charge in [-0.15, -0.1) is 10.2 Å². The van der Waals surface area contributed by atoms with Crippen molar-refractivity contribution < 1.29 is 19.2 Å². The van der Waals surface area contributed by atoms with Crippen LogP contribution in [-0.4, -0.2) is 39.6 Å². The molecular weight excluding hydrogens is 450 g/mol. The molecule has 4 rings (SSSR count). The number of carbonyl (C=O) groups is 4. The van der Waals surface area contributed by atoms with Crippen LogP contribution in [0.2, 0.25) is 0 Å². The van der Waals surface area contributed by atoms with E-state index in [4.69, 9.17) is 0 Å². The largest absolute Gasteiger partial charge is 0.326 e. The molecule has 0 spiro atoms. The third kappa shape index (κ3) is 4.25. The second-order valence-electron chi connectivity index (χ2n) is 6.69. The Bertz CT molecular complexity index is 1240. The van der Waals surface area contributed by atoms with Gasteiger partial charge < -0.3 is 5.32 Å². The number of fused-ring (bicyclic) bond motifs is 1. The number of nitrogens with zero attached hydrogens (tertiary/aromatic N) is 3. The number of hydrogen-bond acceptors (Lipinski definition) is 8. The average molecular weight is 468 g/mol. The molecule has 1 aromatic heterocycles. The first-order valence-corrected chi connectivity index (χ1v) is 11.4. The van der Waals surface area contributed by atoms with E-state index < -0.39 is 17.7 Å². The molecule has 2 aromatic carbocycles. The zero-order valence-electron chi connectivity index (χ0n) is 17.0. The van der Waals surface area contributed by atoms with Gasteiger partial charge in [0.2, 0.25) is 11.0 Å². The molecule has 3 aromatic rings. The highest BCUT2D eigenvalue weighted by Crippen LogP contribution is 2.30. The molecule has 11 heteroatoms. The van der Waals surface area contributed by atoms with E-state index in [2.05, 4.69) is 20.8 Å². The van der Waals surface area contributed by atoms with Gasteiger partial charge in [-0.25, -0.2) is 4.90 Å². The Balaban J connectivity index is 1.54. The third-order valence-corrected chi connectivity index (χ3v) is 6.34. The lowest BCUT2D eigenvalue weighted by Gasteiger charge is -2.14. The van der Waals surface area contributed by atoms with Crippen LogP contribution < -0.4 is 15.5 Å². The number of nitrogens with one attached hydrogen (secondary N) is 2. The summed E-state index contributed by atoms with van der Waals surface area (Å²) in [5.41, 5.74) is 1.51. The van der Waals surface area contributed by atoms with Crippen molar-refractivity contribution in [1.29, 1.82) is 0 Å². The molecule has 0 aliphatic carbocycles. The van der Waals surface area contributed by atoms with Crippen molar-refractivity contribution in [3.05, 3.63) is 59.2 Å². The summed E-state index contributed by atoms with van der Waals surface area (Å²) in [5.74, 6) is -0.830. The quantitative estimate of drug-likeness (QED) is 0.322. The molecule has 2 N–H and O–H groups in total. The van der Waals surface area contributed by atoms with Gasteiger partial charge in [-0.1, -0.05) is 30.0 Å². The number of anilines is 3. The average Bonchev–Trinajstić information content (AvgIpc) is 3.30. The number of carbonyl (C=O) groups excluding carboxylic acids is 4. The third-order valence-electron chi connectivity index (χ3n) is 4.49. The first kappa shape index (κ1) is 21.7. The Kier molecular flexibility index (Phi) is 6.01. The molecule has 9 nitrogen and oxygen atoms in total. The molecule has 0 fully saturated rings. The normalized spacial score (nSPS) is 12.6. The highest BCUT2D eigenvalue weighted by molar-refractivity contribution is 8.01. The fourth-order valence-electron chi connectivity index (χ4n) is 3.13. The van der Waals surface area contributed by atoms with Gasteiger partial charge in [0, 0.05) is 18.2 Å². The first-order chi connectivity index (χ1) is 15.4. The van der Waals surface area contributed by atoms with E-state index in [0.29, 0.717) is 16.5 Å². The first-order valence-electron chi connectivity index (χ1n) is 9.55. The number of hydrogen-bond donors (Lipinski definition) is 2. The zero-order valence-corrected chi connectivity index (χ0v) is 18.7. The van der Waals surface area contributed by atoms with Crippen molar-refractivity contribution in [3.8, 4) is 0 Å². The monoisotopic (exact) mass is 467 g/mol. The number of imide groups is 1. The van der Waals surface area contributed by atoms with Crippen molar-refractivity contribution in [2.75, 3.05) is 21.3 Å². The lowest BCUT2D eigenvalue weighted by atomic mass is 10.1. The Morgan fingerprint density at radius 1 is 1.00 bits per heavy atom. The second kappa shape index (κ2) is 8.89. The molecule has 4 amide bonds. The second-order valence-corrected chi connectivity index (χ2v) is 9.18. The summed E-state index contributed by atoms with van der Waals surface area (Å²) >= 11 is 2.79. The van der Waals surface area contributed by atoms with Gasteiger partial charge in [-0.2, -0.15) is 0 Å². The molecule has 2 heterocycles. The minimum atomic E-state index is -0.524. The van der Waals surface area contributed by atoms with E-state index in [9.17, 15) is 19.2 Å². The molecule has 1 aliphatic heterocycles. The van der Waals surface area contributed by atoms with Crippen LogP contribution in [0.5, 0.6) is 0 Å². The summed E-state index contributed by atoms with van der Waals surface area (Å²) in [6, 6.07) is 10.7. The standard InChI is InChI=1S/C21H17N5O4S2/c1-3-31-21-25-24-20(32-21)23-17(28)12-4-9-15-16(10-12)19(30)26(18(15)29)14-7-5-13(6-8-14)22-11(2)27/h4-10H,3H2,1-2H3,(H,22,27)(H,23,24,28). The van der Waals surface area contributed by atoms with E-state index in [1.54, 1.807) is 24.3 Å². The van der Waals surface area contributed by atoms with Gasteiger partial charge in [0.1, 0.15) is 0 Å². The number of thioether (sulfide) groups is 1. The number of benzene rings is 2. The van der Waals surface area contributed by atoms with Crippen molar-refractivity contribution in [2.24, 2.45) is 0 Å². The van der Waals surface area contributed by atoms with Crippen molar-refractivity contribution in [1.82, 2.24) is 10.2 Å². The van der Waals surface area contributed by atoms with Crippen LogP contribution >= 0.6 is 23.1 Å². The zero-order chi connectivity index (χ0) is 22.8. The van der Waals surface area contributed by atoms with Gasteiger partial charge in [-0.3, -0.25) is 24.5 Å². The van der Waals surface area contributed by atoms with E-state index in [-0.39, 0.29) is 22.6 Å². The van der Waals surface area contributed by atoms with Crippen LogP contribution in [0.15, 0.2) is 46.8 Å². The number of rotatable bonds is 6. The maximum absolute atomic E-state index is 13.0. The maximum Gasteiger partial charge on any atom is 0.266 e. The summed E-state index contributed by atoms with van der Waals surface area (Å²) in [4.78, 5) is 50.6. The van der Waals surface area contributed by atoms with Crippen LogP contribution in [0.25, 0.3) is 0 Å². The summed E-state index contributed by atoms with van der Waals surface area (Å²) in [6.07, 6.45) is 0. The highest BCUT2D eigenvalue weighted by Gasteiger charge is 2.37. The van der Waals surface area contributed by atoms with Crippen LogP contribution in [0.3, 0.4) is 0 Å². The Hall–Kier alpha value is -3.57. The molecule has 0 saturated carbocycles. The SMILES string of the molecule is CCSc1nnc(NC(=O)c2ccc3c(c2)C(=O)N(c2ccc(NC(C)=O)cc2)C3=O)s1. The lowest BCUT2D eigenvalue weighted by molar-refractivity contribution is -0.114. The summed E-state index contributed by atoms with van der Waals surface area (Å²) in [6.45, 7) is 3.38. The predicted molar refractivity (Wildman–Crippen MR) is 123 cm³/mol. The van der Waals surface area contributed by atoms with E-state index >= 15 is 0 Å². The summed E-state index contributed by atoms with van der Waals surface area (Å²) in [7, 11) is 0. The van der Waals surface area contributed by atoms with Crippen molar-refractivity contribution in [2.45, 2.75) is 18.2 Å². The van der Waals surface area contributed by atoms with Gasteiger partial charge in [0.25, 0.3) is 17.7 Å². The Morgan fingerprint density at radius 3 is 2.41 bits per heavy atom. The van der Waals surface area contributed by atoms with Gasteiger partial charge in [0.05, 0.1) is 16.8 Å². The molecule has 0 atom stereocenters. The van der Waals surface area contributed by atoms with Gasteiger partial charge in [0.15, 0.2) is 4.34 Å². The molecule has 0 unspecified atom stereocenters. The van der Waals surface area contributed by atoms with Crippen LogP contribution in [0.1, 0.15) is 44.9 Å².